The van der Waals surface area contributed by atoms with Gasteiger partial charge < -0.3 is 14.8 Å². The average molecular weight is 387 g/mol. The minimum Gasteiger partial charge on any atom is -0.486 e. The number of rotatable bonds is 5. The number of amides is 1. The summed E-state index contributed by atoms with van der Waals surface area (Å²) >= 11 is 5.90. The summed E-state index contributed by atoms with van der Waals surface area (Å²) in [4.78, 5) is 14.7. The lowest BCUT2D eigenvalue weighted by molar-refractivity contribution is -0.122. The summed E-state index contributed by atoms with van der Waals surface area (Å²) in [7, 11) is 0. The molecule has 2 aromatic carbocycles. The highest BCUT2D eigenvalue weighted by Crippen LogP contribution is 2.37. The molecule has 6 heteroatoms. The second kappa shape index (κ2) is 8.19. The van der Waals surface area contributed by atoms with Gasteiger partial charge in [-0.2, -0.15) is 0 Å². The Bertz CT molecular complexity index is 810. The van der Waals surface area contributed by atoms with Crippen molar-refractivity contribution in [1.82, 2.24) is 10.2 Å². The van der Waals surface area contributed by atoms with Gasteiger partial charge in [-0.1, -0.05) is 29.8 Å². The summed E-state index contributed by atoms with van der Waals surface area (Å²) in [6.45, 7) is 3.01. The van der Waals surface area contributed by atoms with E-state index in [1.54, 1.807) is 0 Å². The fourth-order valence-corrected chi connectivity index (χ4v) is 3.83. The monoisotopic (exact) mass is 386 g/mol. The van der Waals surface area contributed by atoms with Crippen LogP contribution in [0.1, 0.15) is 30.0 Å². The Morgan fingerprint density at radius 3 is 2.70 bits per heavy atom. The van der Waals surface area contributed by atoms with Crippen molar-refractivity contribution >= 4 is 17.5 Å². The second-order valence-electron chi connectivity index (χ2n) is 6.93. The first kappa shape index (κ1) is 18.1. The highest BCUT2D eigenvalue weighted by molar-refractivity contribution is 6.30. The average Bonchev–Trinajstić information content (AvgIpc) is 3.15. The number of fused-ring (bicyclic) bond motifs is 1. The van der Waals surface area contributed by atoms with Crippen molar-refractivity contribution in [2.75, 3.05) is 26.3 Å². The molecule has 27 heavy (non-hydrogen) atoms. The van der Waals surface area contributed by atoms with Gasteiger partial charge in [0.1, 0.15) is 13.2 Å². The lowest BCUT2D eigenvalue weighted by Crippen LogP contribution is -2.36. The summed E-state index contributed by atoms with van der Waals surface area (Å²) in [5.74, 6) is 1.64. The van der Waals surface area contributed by atoms with Crippen LogP contribution in [-0.4, -0.2) is 37.1 Å². The number of benzene rings is 2. The predicted molar refractivity (Wildman–Crippen MR) is 104 cm³/mol. The van der Waals surface area contributed by atoms with Crippen LogP contribution in [0.4, 0.5) is 0 Å². The van der Waals surface area contributed by atoms with Crippen molar-refractivity contribution < 1.29 is 14.3 Å². The highest BCUT2D eigenvalue weighted by Gasteiger charge is 2.28. The number of nitrogens with zero attached hydrogens (tertiary/aromatic N) is 1. The van der Waals surface area contributed by atoms with Crippen LogP contribution < -0.4 is 14.8 Å². The molecule has 1 amide bonds. The zero-order chi connectivity index (χ0) is 18.6. The maximum absolute atomic E-state index is 12.4. The molecule has 2 aromatic rings. The highest BCUT2D eigenvalue weighted by atomic mass is 35.5. The molecule has 0 unspecified atom stereocenters. The standard InChI is InChI=1S/C21H23ClN2O3/c22-17-6-3-15(4-7-17)13-23-21(25)14-24-9-1-2-18(24)16-5-8-19-20(12-16)27-11-10-26-19/h3-8,12,18H,1-2,9-11,13-14H2,(H,23,25)/t18-/m1/s1. The summed E-state index contributed by atoms with van der Waals surface area (Å²) in [5.41, 5.74) is 2.22. The van der Waals surface area contributed by atoms with E-state index in [0.717, 1.165) is 36.4 Å². The Morgan fingerprint density at radius 1 is 1.11 bits per heavy atom. The van der Waals surface area contributed by atoms with Gasteiger partial charge in [-0.25, -0.2) is 0 Å². The van der Waals surface area contributed by atoms with Crippen LogP contribution in [-0.2, 0) is 11.3 Å². The number of carbonyl (C=O) groups is 1. The first-order valence-corrected chi connectivity index (χ1v) is 9.71. The molecule has 1 saturated heterocycles. The molecule has 142 valence electrons. The number of nitrogens with one attached hydrogen (secondary N) is 1. The van der Waals surface area contributed by atoms with Crippen LogP contribution >= 0.6 is 11.6 Å². The number of ether oxygens (including phenoxy) is 2. The van der Waals surface area contributed by atoms with Crippen LogP contribution in [0.2, 0.25) is 5.02 Å². The molecule has 0 spiro atoms. The molecule has 5 nitrogen and oxygen atoms in total. The van der Waals surface area contributed by atoms with Crippen molar-refractivity contribution in [1.29, 1.82) is 0 Å². The molecular weight excluding hydrogens is 364 g/mol. The molecular formula is C21H23ClN2O3. The topological polar surface area (TPSA) is 50.8 Å². The maximum Gasteiger partial charge on any atom is 0.234 e. The summed E-state index contributed by atoms with van der Waals surface area (Å²) < 4.78 is 11.3. The minimum atomic E-state index is 0.0365. The molecule has 2 aliphatic heterocycles. The van der Waals surface area contributed by atoms with Crippen molar-refractivity contribution in [3.05, 3.63) is 58.6 Å². The van der Waals surface area contributed by atoms with E-state index in [0.29, 0.717) is 31.3 Å². The quantitative estimate of drug-likeness (QED) is 0.853. The van der Waals surface area contributed by atoms with Gasteiger partial charge in [-0.05, 0) is 54.8 Å². The molecule has 2 aliphatic rings. The molecule has 2 heterocycles. The number of hydrogen-bond donors (Lipinski definition) is 1. The van der Waals surface area contributed by atoms with Gasteiger partial charge in [0.2, 0.25) is 5.91 Å². The molecule has 0 radical (unpaired) electrons. The molecule has 0 aliphatic carbocycles. The third-order valence-electron chi connectivity index (χ3n) is 5.06. The zero-order valence-electron chi connectivity index (χ0n) is 15.1. The first-order valence-electron chi connectivity index (χ1n) is 9.34. The molecule has 4 rings (SSSR count). The van der Waals surface area contributed by atoms with E-state index in [4.69, 9.17) is 21.1 Å². The van der Waals surface area contributed by atoms with Crippen LogP contribution in [0.5, 0.6) is 11.5 Å². The van der Waals surface area contributed by atoms with E-state index in [-0.39, 0.29) is 11.9 Å². The second-order valence-corrected chi connectivity index (χ2v) is 7.37. The number of carbonyl (C=O) groups excluding carboxylic acids is 1. The van der Waals surface area contributed by atoms with Crippen molar-refractivity contribution in [2.24, 2.45) is 0 Å². The van der Waals surface area contributed by atoms with Gasteiger partial charge in [0.25, 0.3) is 0 Å². The smallest absolute Gasteiger partial charge is 0.234 e. The molecule has 0 bridgehead atoms. The summed E-state index contributed by atoms with van der Waals surface area (Å²) in [6, 6.07) is 13.9. The van der Waals surface area contributed by atoms with E-state index < -0.39 is 0 Å². The van der Waals surface area contributed by atoms with Gasteiger partial charge in [-0.3, -0.25) is 9.69 Å². The normalized spacial score (nSPS) is 19.1. The molecule has 1 N–H and O–H groups in total. The Hall–Kier alpha value is -2.24. The van der Waals surface area contributed by atoms with Crippen LogP contribution in [0.25, 0.3) is 0 Å². The van der Waals surface area contributed by atoms with E-state index >= 15 is 0 Å². The fraction of sp³-hybridized carbons (Fsp3) is 0.381. The predicted octanol–water partition coefficient (Wildman–Crippen LogP) is 3.56. The van der Waals surface area contributed by atoms with E-state index in [9.17, 15) is 4.79 Å². The fourth-order valence-electron chi connectivity index (χ4n) is 3.70. The van der Waals surface area contributed by atoms with Gasteiger partial charge in [0.15, 0.2) is 11.5 Å². The first-order chi connectivity index (χ1) is 13.2. The Balaban J connectivity index is 1.36. The van der Waals surface area contributed by atoms with Crippen molar-refractivity contribution in [2.45, 2.75) is 25.4 Å². The maximum atomic E-state index is 12.4. The van der Waals surface area contributed by atoms with E-state index in [2.05, 4.69) is 22.3 Å². The van der Waals surface area contributed by atoms with Crippen molar-refractivity contribution in [3.8, 4) is 11.5 Å². The van der Waals surface area contributed by atoms with E-state index in [1.165, 1.54) is 5.56 Å². The Morgan fingerprint density at radius 2 is 1.89 bits per heavy atom. The van der Waals surface area contributed by atoms with Crippen molar-refractivity contribution in [3.63, 3.8) is 0 Å². The molecule has 0 aromatic heterocycles. The number of halogens is 1. The number of likely N-dealkylation sites (tertiary alicyclic amines) is 1. The van der Waals surface area contributed by atoms with Crippen LogP contribution in [0.3, 0.4) is 0 Å². The van der Waals surface area contributed by atoms with E-state index in [1.807, 2.05) is 30.3 Å². The Kier molecular flexibility index (Phi) is 5.50. The van der Waals surface area contributed by atoms with Gasteiger partial charge in [0.05, 0.1) is 6.54 Å². The summed E-state index contributed by atoms with van der Waals surface area (Å²) in [6.07, 6.45) is 2.13. The van der Waals surface area contributed by atoms with Crippen LogP contribution in [0.15, 0.2) is 42.5 Å². The third kappa shape index (κ3) is 4.37. The SMILES string of the molecule is O=C(CN1CCC[C@@H]1c1ccc2c(c1)OCCO2)NCc1ccc(Cl)cc1. The lowest BCUT2D eigenvalue weighted by atomic mass is 10.0. The van der Waals surface area contributed by atoms with Gasteiger partial charge in [-0.15, -0.1) is 0 Å². The molecule has 0 saturated carbocycles. The van der Waals surface area contributed by atoms with Crippen LogP contribution in [0, 0.1) is 0 Å². The molecule has 1 atom stereocenters. The van der Waals surface area contributed by atoms with Gasteiger partial charge >= 0.3 is 0 Å². The third-order valence-corrected chi connectivity index (χ3v) is 5.32. The molecule has 1 fully saturated rings. The Labute approximate surface area is 164 Å². The largest absolute Gasteiger partial charge is 0.486 e. The van der Waals surface area contributed by atoms with Gasteiger partial charge in [0, 0.05) is 17.6 Å². The minimum absolute atomic E-state index is 0.0365. The summed E-state index contributed by atoms with van der Waals surface area (Å²) in [5, 5.41) is 3.70. The number of hydrogen-bond acceptors (Lipinski definition) is 4. The zero-order valence-corrected chi connectivity index (χ0v) is 15.9. The lowest BCUT2D eigenvalue weighted by Gasteiger charge is -2.26.